The second-order valence-electron chi connectivity index (χ2n) is 5.40. The summed E-state index contributed by atoms with van der Waals surface area (Å²) >= 11 is 0. The molecule has 0 unspecified atom stereocenters. The molecule has 7 N–H and O–H groups in total. The van der Waals surface area contributed by atoms with Gasteiger partial charge in [0.25, 0.3) is 0 Å². The van der Waals surface area contributed by atoms with Crippen LogP contribution in [-0.4, -0.2) is 48.3 Å². The molecule has 0 bridgehead atoms. The Morgan fingerprint density at radius 1 is 0.913 bits per heavy atom. The van der Waals surface area contributed by atoms with Crippen molar-refractivity contribution in [1.29, 1.82) is 0 Å². The summed E-state index contributed by atoms with van der Waals surface area (Å²) in [6, 6.07) is -2.44. The van der Waals surface area contributed by atoms with E-state index in [-0.39, 0.29) is 5.91 Å². The van der Waals surface area contributed by atoms with Gasteiger partial charge in [-0.25, -0.2) is 0 Å². The minimum absolute atomic E-state index is 0.348. The molecule has 9 heteroatoms. The quantitative estimate of drug-likeness (QED) is 0.296. The highest BCUT2D eigenvalue weighted by Crippen LogP contribution is 2.02. The number of rotatable bonds is 10. The highest BCUT2D eigenvalue weighted by Gasteiger charge is 2.25. The van der Waals surface area contributed by atoms with E-state index in [0.717, 1.165) is 0 Å². The zero-order chi connectivity index (χ0) is 18.0. The van der Waals surface area contributed by atoms with Gasteiger partial charge in [-0.3, -0.25) is 19.2 Å². The molecular formula is C14H27N5O4. The summed E-state index contributed by atoms with van der Waals surface area (Å²) in [7, 11) is 0. The lowest BCUT2D eigenvalue weighted by Crippen LogP contribution is -2.55. The Bertz CT molecular complexity index is 441. The number of nitrogens with one attached hydrogen (secondary N) is 3. The lowest BCUT2D eigenvalue weighted by atomic mass is 10.1. The molecule has 0 aromatic heterocycles. The minimum Gasteiger partial charge on any atom is -0.368 e. The smallest absolute Gasteiger partial charge is 0.243 e. The standard InChI is InChI=1S/C14H27N5O4/c1-8(12(16)21)18-14(23)11(6-4-5-7-15)19-13(22)9(2)17-10(3)20/h8-9,11H,4-7,15H2,1-3H3,(H2,16,21)(H,17,20)(H,18,23)(H,19,22)/t8-,9-,11-/m0/s1. The number of nitrogens with two attached hydrogens (primary N) is 2. The second kappa shape index (κ2) is 10.5. The third-order valence-corrected chi connectivity index (χ3v) is 3.18. The molecule has 0 saturated heterocycles. The zero-order valence-corrected chi connectivity index (χ0v) is 13.8. The number of carbonyl (C=O) groups is 4. The maximum Gasteiger partial charge on any atom is 0.243 e. The number of amides is 4. The Morgan fingerprint density at radius 3 is 2.00 bits per heavy atom. The van der Waals surface area contributed by atoms with E-state index in [1.807, 2.05) is 0 Å². The molecule has 0 radical (unpaired) electrons. The Balaban J connectivity index is 4.78. The third kappa shape index (κ3) is 8.77. The fourth-order valence-electron chi connectivity index (χ4n) is 1.81. The molecule has 0 saturated carbocycles. The molecule has 0 heterocycles. The van der Waals surface area contributed by atoms with Crippen molar-refractivity contribution in [2.45, 2.75) is 58.2 Å². The van der Waals surface area contributed by atoms with Crippen molar-refractivity contribution < 1.29 is 19.2 Å². The highest BCUT2D eigenvalue weighted by atomic mass is 16.2. The SMILES string of the molecule is CC(=O)N[C@@H](C)C(=O)N[C@@H](CCCCN)C(=O)N[C@@H](C)C(N)=O. The molecule has 9 nitrogen and oxygen atoms in total. The molecule has 0 rings (SSSR count). The van der Waals surface area contributed by atoms with Gasteiger partial charge < -0.3 is 27.4 Å². The van der Waals surface area contributed by atoms with Crippen molar-refractivity contribution in [2.75, 3.05) is 6.54 Å². The van der Waals surface area contributed by atoms with E-state index in [9.17, 15) is 19.2 Å². The summed E-state index contributed by atoms with van der Waals surface area (Å²) in [5.74, 6) is -2.01. The van der Waals surface area contributed by atoms with E-state index in [1.165, 1.54) is 20.8 Å². The molecule has 0 aromatic carbocycles. The minimum atomic E-state index is -0.843. The van der Waals surface area contributed by atoms with Crippen molar-refractivity contribution >= 4 is 23.6 Å². The van der Waals surface area contributed by atoms with Gasteiger partial charge in [0.05, 0.1) is 0 Å². The van der Waals surface area contributed by atoms with Gasteiger partial charge in [-0.2, -0.15) is 0 Å². The van der Waals surface area contributed by atoms with Crippen LogP contribution in [-0.2, 0) is 19.2 Å². The molecule has 0 aliphatic carbocycles. The first kappa shape index (κ1) is 20.8. The van der Waals surface area contributed by atoms with Crippen LogP contribution < -0.4 is 27.4 Å². The zero-order valence-electron chi connectivity index (χ0n) is 13.8. The van der Waals surface area contributed by atoms with Gasteiger partial charge in [-0.15, -0.1) is 0 Å². The summed E-state index contributed by atoms with van der Waals surface area (Å²) in [5, 5.41) is 7.45. The molecular weight excluding hydrogens is 302 g/mol. The Hall–Kier alpha value is -2.16. The molecule has 3 atom stereocenters. The lowest BCUT2D eigenvalue weighted by molar-refractivity contribution is -0.132. The van der Waals surface area contributed by atoms with Crippen LogP contribution in [0.1, 0.15) is 40.0 Å². The summed E-state index contributed by atoms with van der Waals surface area (Å²) in [6.07, 6.45) is 1.70. The van der Waals surface area contributed by atoms with Crippen molar-refractivity contribution in [3.63, 3.8) is 0 Å². The van der Waals surface area contributed by atoms with E-state index in [1.54, 1.807) is 0 Å². The van der Waals surface area contributed by atoms with Crippen LogP contribution in [0.3, 0.4) is 0 Å². The monoisotopic (exact) mass is 329 g/mol. The van der Waals surface area contributed by atoms with E-state index in [4.69, 9.17) is 11.5 Å². The topological polar surface area (TPSA) is 156 Å². The Labute approximate surface area is 135 Å². The van der Waals surface area contributed by atoms with Crippen molar-refractivity contribution in [1.82, 2.24) is 16.0 Å². The highest BCUT2D eigenvalue weighted by molar-refractivity contribution is 5.93. The second-order valence-corrected chi connectivity index (χ2v) is 5.40. The average molecular weight is 329 g/mol. The van der Waals surface area contributed by atoms with Gasteiger partial charge in [-0.05, 0) is 39.7 Å². The van der Waals surface area contributed by atoms with Crippen LogP contribution in [0, 0.1) is 0 Å². The molecule has 0 aliphatic heterocycles. The number of hydrogen-bond donors (Lipinski definition) is 5. The summed E-state index contributed by atoms with van der Waals surface area (Å²) < 4.78 is 0. The third-order valence-electron chi connectivity index (χ3n) is 3.18. The predicted octanol–water partition coefficient (Wildman–Crippen LogP) is -1.89. The number of hydrogen-bond acceptors (Lipinski definition) is 5. The van der Waals surface area contributed by atoms with Crippen LogP contribution in [0.15, 0.2) is 0 Å². The van der Waals surface area contributed by atoms with Crippen LogP contribution >= 0.6 is 0 Å². The summed E-state index contributed by atoms with van der Waals surface area (Å²) in [4.78, 5) is 46.2. The number of carbonyl (C=O) groups excluding carboxylic acids is 4. The first-order valence-corrected chi connectivity index (χ1v) is 7.56. The molecule has 0 aromatic rings. The van der Waals surface area contributed by atoms with Crippen LogP contribution in [0.4, 0.5) is 0 Å². The first-order chi connectivity index (χ1) is 10.7. The fraction of sp³-hybridized carbons (Fsp3) is 0.714. The predicted molar refractivity (Wildman–Crippen MR) is 84.9 cm³/mol. The van der Waals surface area contributed by atoms with Crippen LogP contribution in [0.25, 0.3) is 0 Å². The van der Waals surface area contributed by atoms with Crippen molar-refractivity contribution in [3.05, 3.63) is 0 Å². The Kier molecular flexibility index (Phi) is 9.56. The van der Waals surface area contributed by atoms with Crippen LogP contribution in [0.5, 0.6) is 0 Å². The maximum absolute atomic E-state index is 12.2. The molecule has 4 amide bonds. The molecule has 0 fully saturated rings. The average Bonchev–Trinajstić information content (AvgIpc) is 2.45. The van der Waals surface area contributed by atoms with E-state index in [2.05, 4.69) is 16.0 Å². The molecule has 0 spiro atoms. The van der Waals surface area contributed by atoms with Gasteiger partial charge in [0, 0.05) is 6.92 Å². The first-order valence-electron chi connectivity index (χ1n) is 7.56. The maximum atomic E-state index is 12.2. The van der Waals surface area contributed by atoms with Crippen LogP contribution in [0.2, 0.25) is 0 Å². The summed E-state index contributed by atoms with van der Waals surface area (Å²) in [5.41, 5.74) is 10.5. The molecule has 0 aliphatic rings. The molecule has 23 heavy (non-hydrogen) atoms. The lowest BCUT2D eigenvalue weighted by Gasteiger charge is -2.22. The van der Waals surface area contributed by atoms with Gasteiger partial charge >= 0.3 is 0 Å². The van der Waals surface area contributed by atoms with Gasteiger partial charge in [0.2, 0.25) is 23.6 Å². The normalized spacial score (nSPS) is 14.3. The van der Waals surface area contributed by atoms with Crippen molar-refractivity contribution in [3.8, 4) is 0 Å². The van der Waals surface area contributed by atoms with Gasteiger partial charge in [0.1, 0.15) is 18.1 Å². The van der Waals surface area contributed by atoms with E-state index in [0.29, 0.717) is 25.8 Å². The van der Waals surface area contributed by atoms with Gasteiger partial charge in [0.15, 0.2) is 0 Å². The fourth-order valence-corrected chi connectivity index (χ4v) is 1.81. The summed E-state index contributed by atoms with van der Waals surface area (Å²) in [6.45, 7) is 4.74. The Morgan fingerprint density at radius 2 is 1.52 bits per heavy atom. The number of unbranched alkanes of at least 4 members (excludes halogenated alkanes) is 1. The van der Waals surface area contributed by atoms with E-state index < -0.39 is 35.8 Å². The molecule has 132 valence electrons. The van der Waals surface area contributed by atoms with Gasteiger partial charge in [-0.1, -0.05) is 0 Å². The largest absolute Gasteiger partial charge is 0.368 e. The van der Waals surface area contributed by atoms with Crippen molar-refractivity contribution in [2.24, 2.45) is 11.5 Å². The number of primary amides is 1. The van der Waals surface area contributed by atoms with E-state index >= 15 is 0 Å².